The van der Waals surface area contributed by atoms with E-state index in [0.29, 0.717) is 11.6 Å². The van der Waals surface area contributed by atoms with Crippen molar-refractivity contribution in [2.75, 3.05) is 11.9 Å². The summed E-state index contributed by atoms with van der Waals surface area (Å²) in [6.07, 6.45) is 2.78. The van der Waals surface area contributed by atoms with E-state index in [9.17, 15) is 0 Å². The van der Waals surface area contributed by atoms with E-state index >= 15 is 0 Å². The van der Waals surface area contributed by atoms with Crippen molar-refractivity contribution in [3.63, 3.8) is 0 Å². The third kappa shape index (κ3) is 3.28. The van der Waals surface area contributed by atoms with Crippen LogP contribution >= 0.6 is 0 Å². The third-order valence-electron chi connectivity index (χ3n) is 3.07. The quantitative estimate of drug-likeness (QED) is 0.758. The van der Waals surface area contributed by atoms with Crippen molar-refractivity contribution in [1.82, 2.24) is 9.97 Å². The van der Waals surface area contributed by atoms with Gasteiger partial charge in [0.1, 0.15) is 11.6 Å². The van der Waals surface area contributed by atoms with Crippen LogP contribution in [0.3, 0.4) is 0 Å². The molecule has 0 saturated carbocycles. The number of fused-ring (bicyclic) bond motifs is 1. The fraction of sp³-hybridized carbons (Fsp3) is 0.176. The highest BCUT2D eigenvalue weighted by molar-refractivity contribution is 5.79. The molecule has 3 aromatic rings. The van der Waals surface area contributed by atoms with E-state index in [-0.39, 0.29) is 0 Å². The minimum Gasteiger partial charge on any atom is -0.437 e. The maximum absolute atomic E-state index is 5.79. The van der Waals surface area contributed by atoms with Crippen LogP contribution in [-0.4, -0.2) is 16.5 Å². The lowest BCUT2D eigenvalue weighted by atomic mass is 10.2. The zero-order valence-corrected chi connectivity index (χ0v) is 11.9. The van der Waals surface area contributed by atoms with E-state index in [2.05, 4.69) is 22.2 Å². The van der Waals surface area contributed by atoms with Gasteiger partial charge in [-0.15, -0.1) is 0 Å². The van der Waals surface area contributed by atoms with Crippen molar-refractivity contribution in [3.05, 3.63) is 54.7 Å². The van der Waals surface area contributed by atoms with Crippen molar-refractivity contribution < 1.29 is 4.74 Å². The van der Waals surface area contributed by atoms with E-state index in [1.165, 1.54) is 0 Å². The largest absolute Gasteiger partial charge is 0.437 e. The predicted octanol–water partition coefficient (Wildman–Crippen LogP) is 4.24. The first kappa shape index (κ1) is 13.4. The predicted molar refractivity (Wildman–Crippen MR) is 84.8 cm³/mol. The van der Waals surface area contributed by atoms with Crippen molar-refractivity contribution in [1.29, 1.82) is 0 Å². The molecule has 2 aromatic heterocycles. The maximum Gasteiger partial charge on any atom is 0.221 e. The normalized spacial score (nSPS) is 10.5. The van der Waals surface area contributed by atoms with E-state index in [1.54, 1.807) is 6.20 Å². The molecule has 0 aliphatic carbocycles. The maximum atomic E-state index is 5.79. The Balaban J connectivity index is 1.81. The summed E-state index contributed by atoms with van der Waals surface area (Å²) in [7, 11) is 0. The lowest BCUT2D eigenvalue weighted by Gasteiger charge is -2.08. The molecule has 106 valence electrons. The molecule has 3 rings (SSSR count). The van der Waals surface area contributed by atoms with Crippen LogP contribution in [0.4, 0.5) is 5.82 Å². The molecule has 2 heterocycles. The Bertz CT molecular complexity index is 743. The Morgan fingerprint density at radius 2 is 2.00 bits per heavy atom. The molecule has 0 bridgehead atoms. The summed E-state index contributed by atoms with van der Waals surface area (Å²) in [5, 5.41) is 4.29. The fourth-order valence-electron chi connectivity index (χ4n) is 2.05. The molecule has 21 heavy (non-hydrogen) atoms. The third-order valence-corrected chi connectivity index (χ3v) is 3.07. The standard InChI is InChI=1S/C17H17N3O/c1-2-10-18-16-8-5-9-17(20-16)21-14-11-13-6-3-4-7-15(13)19-12-14/h3-9,11-12H,2,10H2,1H3,(H,18,20). The van der Waals surface area contributed by atoms with Gasteiger partial charge < -0.3 is 10.1 Å². The van der Waals surface area contributed by atoms with Crippen LogP contribution < -0.4 is 10.1 Å². The molecule has 4 heteroatoms. The summed E-state index contributed by atoms with van der Waals surface area (Å²) >= 11 is 0. The number of nitrogens with one attached hydrogen (secondary N) is 1. The Hall–Kier alpha value is -2.62. The van der Waals surface area contributed by atoms with Gasteiger partial charge in [0.15, 0.2) is 0 Å². The number of anilines is 1. The fourth-order valence-corrected chi connectivity index (χ4v) is 2.05. The molecule has 0 aliphatic rings. The van der Waals surface area contributed by atoms with Gasteiger partial charge in [-0.3, -0.25) is 4.98 Å². The molecule has 1 aromatic carbocycles. The van der Waals surface area contributed by atoms with Gasteiger partial charge in [-0.2, -0.15) is 4.98 Å². The number of rotatable bonds is 5. The summed E-state index contributed by atoms with van der Waals surface area (Å²) in [5.41, 5.74) is 0.955. The zero-order valence-electron chi connectivity index (χ0n) is 11.9. The molecule has 1 N–H and O–H groups in total. The number of para-hydroxylation sites is 1. The van der Waals surface area contributed by atoms with Crippen molar-refractivity contribution in [3.8, 4) is 11.6 Å². The van der Waals surface area contributed by atoms with Crippen LogP contribution in [0.25, 0.3) is 10.9 Å². The number of nitrogens with zero attached hydrogens (tertiary/aromatic N) is 2. The van der Waals surface area contributed by atoms with Gasteiger partial charge in [0.2, 0.25) is 5.88 Å². The van der Waals surface area contributed by atoms with E-state index in [4.69, 9.17) is 4.74 Å². The average Bonchev–Trinajstić information content (AvgIpc) is 2.53. The van der Waals surface area contributed by atoms with Crippen LogP contribution in [0.15, 0.2) is 54.7 Å². The minimum absolute atomic E-state index is 0.563. The van der Waals surface area contributed by atoms with Crippen LogP contribution in [0, 0.1) is 0 Å². The summed E-state index contributed by atoms with van der Waals surface area (Å²) in [6.45, 7) is 3.02. The highest BCUT2D eigenvalue weighted by atomic mass is 16.5. The number of hydrogen-bond donors (Lipinski definition) is 1. The van der Waals surface area contributed by atoms with Gasteiger partial charge in [0, 0.05) is 18.0 Å². The molecule has 0 aliphatic heterocycles. The SMILES string of the molecule is CCCNc1cccc(Oc2cnc3ccccc3c2)n1. The molecular formula is C17H17N3O. The average molecular weight is 279 g/mol. The number of ether oxygens (including phenoxy) is 1. The van der Waals surface area contributed by atoms with Gasteiger partial charge in [0.25, 0.3) is 0 Å². The highest BCUT2D eigenvalue weighted by Crippen LogP contribution is 2.23. The zero-order chi connectivity index (χ0) is 14.5. The number of hydrogen-bond acceptors (Lipinski definition) is 4. The van der Waals surface area contributed by atoms with Crippen LogP contribution in [0.2, 0.25) is 0 Å². The van der Waals surface area contributed by atoms with Crippen LogP contribution in [0.1, 0.15) is 13.3 Å². The molecule has 0 radical (unpaired) electrons. The topological polar surface area (TPSA) is 47.0 Å². The summed E-state index contributed by atoms with van der Waals surface area (Å²) in [5.74, 6) is 2.07. The first-order valence-corrected chi connectivity index (χ1v) is 7.09. The summed E-state index contributed by atoms with van der Waals surface area (Å²) < 4.78 is 5.79. The lowest BCUT2D eigenvalue weighted by molar-refractivity contribution is 0.462. The Morgan fingerprint density at radius 1 is 1.10 bits per heavy atom. The second-order valence-electron chi connectivity index (χ2n) is 4.75. The highest BCUT2D eigenvalue weighted by Gasteiger charge is 2.02. The van der Waals surface area contributed by atoms with Gasteiger partial charge in [-0.05, 0) is 24.6 Å². The Morgan fingerprint density at radius 3 is 2.90 bits per heavy atom. The van der Waals surface area contributed by atoms with E-state index in [1.807, 2.05) is 48.5 Å². The van der Waals surface area contributed by atoms with Crippen LogP contribution in [-0.2, 0) is 0 Å². The lowest BCUT2D eigenvalue weighted by Crippen LogP contribution is -2.02. The smallest absolute Gasteiger partial charge is 0.221 e. The second kappa shape index (κ2) is 6.22. The van der Waals surface area contributed by atoms with Crippen LogP contribution in [0.5, 0.6) is 11.6 Å². The number of pyridine rings is 2. The van der Waals surface area contributed by atoms with E-state index < -0.39 is 0 Å². The van der Waals surface area contributed by atoms with Gasteiger partial charge >= 0.3 is 0 Å². The van der Waals surface area contributed by atoms with Gasteiger partial charge in [-0.25, -0.2) is 0 Å². The molecule has 0 spiro atoms. The summed E-state index contributed by atoms with van der Waals surface area (Å²) in [4.78, 5) is 8.81. The monoisotopic (exact) mass is 279 g/mol. The van der Waals surface area contributed by atoms with E-state index in [0.717, 1.165) is 29.7 Å². The molecule has 0 amide bonds. The first-order chi connectivity index (χ1) is 10.3. The van der Waals surface area contributed by atoms with Crippen molar-refractivity contribution >= 4 is 16.7 Å². The number of benzene rings is 1. The van der Waals surface area contributed by atoms with Crippen molar-refractivity contribution in [2.24, 2.45) is 0 Å². The molecule has 0 atom stereocenters. The molecule has 0 unspecified atom stereocenters. The molecule has 0 fully saturated rings. The van der Waals surface area contributed by atoms with Crippen molar-refractivity contribution in [2.45, 2.75) is 13.3 Å². The summed E-state index contributed by atoms with van der Waals surface area (Å²) in [6, 6.07) is 15.6. The Labute approximate surface area is 123 Å². The molecule has 4 nitrogen and oxygen atoms in total. The van der Waals surface area contributed by atoms with Gasteiger partial charge in [0.05, 0.1) is 11.7 Å². The molecule has 0 saturated heterocycles. The minimum atomic E-state index is 0.563. The molecular weight excluding hydrogens is 262 g/mol. The first-order valence-electron chi connectivity index (χ1n) is 7.09. The Kier molecular flexibility index (Phi) is 3.96. The second-order valence-corrected chi connectivity index (χ2v) is 4.75. The van der Waals surface area contributed by atoms with Gasteiger partial charge in [-0.1, -0.05) is 31.2 Å². The number of aromatic nitrogens is 2.